The quantitative estimate of drug-likeness (QED) is 0.764. The molecule has 0 aliphatic carbocycles. The Bertz CT molecular complexity index is 429. The van der Waals surface area contributed by atoms with Crippen molar-refractivity contribution in [1.29, 1.82) is 0 Å². The molecule has 7 nitrogen and oxygen atoms in total. The van der Waals surface area contributed by atoms with Crippen LogP contribution in [-0.2, 0) is 4.79 Å². The molecular weight excluding hydrogens is 236 g/mol. The lowest BCUT2D eigenvalue weighted by atomic mass is 10.3. The summed E-state index contributed by atoms with van der Waals surface area (Å²) in [6.07, 6.45) is 4.43. The van der Waals surface area contributed by atoms with Crippen LogP contribution < -0.4 is 0 Å². The molecule has 1 fully saturated rings. The largest absolute Gasteiger partial charge is 0.480 e. The first-order valence-electron chi connectivity index (χ1n) is 5.66. The Kier molecular flexibility index (Phi) is 3.83. The van der Waals surface area contributed by atoms with E-state index < -0.39 is 5.97 Å². The molecular formula is C11H14N4O3. The van der Waals surface area contributed by atoms with E-state index in [-0.39, 0.29) is 12.5 Å². The first-order chi connectivity index (χ1) is 8.66. The van der Waals surface area contributed by atoms with Gasteiger partial charge in [-0.2, -0.15) is 0 Å². The summed E-state index contributed by atoms with van der Waals surface area (Å²) >= 11 is 0. The smallest absolute Gasteiger partial charge is 0.317 e. The summed E-state index contributed by atoms with van der Waals surface area (Å²) in [5.41, 5.74) is 0.323. The van der Waals surface area contributed by atoms with E-state index in [0.29, 0.717) is 31.9 Å². The Morgan fingerprint density at radius 2 is 1.94 bits per heavy atom. The SMILES string of the molecule is O=C(O)CN1CCN(C(=O)c2cnccn2)CC1. The van der Waals surface area contributed by atoms with E-state index in [4.69, 9.17) is 5.11 Å². The minimum Gasteiger partial charge on any atom is -0.480 e. The number of piperazine rings is 1. The average molecular weight is 250 g/mol. The van der Waals surface area contributed by atoms with Gasteiger partial charge in [-0.1, -0.05) is 0 Å². The topological polar surface area (TPSA) is 86.6 Å². The maximum atomic E-state index is 12.0. The third-order valence-corrected chi connectivity index (χ3v) is 2.80. The Hall–Kier alpha value is -2.02. The Labute approximate surface area is 104 Å². The van der Waals surface area contributed by atoms with Gasteiger partial charge in [0.15, 0.2) is 0 Å². The zero-order chi connectivity index (χ0) is 13.0. The van der Waals surface area contributed by atoms with Crippen molar-refractivity contribution in [2.75, 3.05) is 32.7 Å². The molecule has 0 atom stereocenters. The predicted molar refractivity (Wildman–Crippen MR) is 62.0 cm³/mol. The Morgan fingerprint density at radius 1 is 1.22 bits per heavy atom. The molecule has 1 amide bonds. The van der Waals surface area contributed by atoms with Crippen molar-refractivity contribution in [3.8, 4) is 0 Å². The van der Waals surface area contributed by atoms with Gasteiger partial charge in [0.25, 0.3) is 5.91 Å². The first-order valence-corrected chi connectivity index (χ1v) is 5.66. The molecule has 1 saturated heterocycles. The molecule has 1 aliphatic rings. The van der Waals surface area contributed by atoms with Crippen molar-refractivity contribution >= 4 is 11.9 Å². The Balaban J connectivity index is 1.90. The number of aliphatic carboxylic acids is 1. The fraction of sp³-hybridized carbons (Fsp3) is 0.455. The second kappa shape index (κ2) is 5.54. The highest BCUT2D eigenvalue weighted by molar-refractivity contribution is 5.92. The third kappa shape index (κ3) is 3.01. The molecule has 0 saturated carbocycles. The van der Waals surface area contributed by atoms with Crippen LogP contribution in [0.5, 0.6) is 0 Å². The monoisotopic (exact) mass is 250 g/mol. The van der Waals surface area contributed by atoms with Gasteiger partial charge in [0.2, 0.25) is 0 Å². The van der Waals surface area contributed by atoms with E-state index in [1.807, 2.05) is 4.90 Å². The molecule has 1 aromatic heterocycles. The zero-order valence-electron chi connectivity index (χ0n) is 9.82. The van der Waals surface area contributed by atoms with Gasteiger partial charge >= 0.3 is 5.97 Å². The minimum atomic E-state index is -0.844. The standard InChI is InChI=1S/C11H14N4O3/c16-10(17)8-14-3-5-15(6-4-14)11(18)9-7-12-1-2-13-9/h1-2,7H,3-6,8H2,(H,16,17). The van der Waals surface area contributed by atoms with Crippen LogP contribution >= 0.6 is 0 Å². The molecule has 7 heteroatoms. The van der Waals surface area contributed by atoms with Gasteiger partial charge in [0.1, 0.15) is 5.69 Å². The van der Waals surface area contributed by atoms with Crippen LogP contribution in [0.3, 0.4) is 0 Å². The molecule has 0 bridgehead atoms. The summed E-state index contributed by atoms with van der Waals surface area (Å²) in [4.78, 5) is 33.9. The second-order valence-electron chi connectivity index (χ2n) is 4.05. The highest BCUT2D eigenvalue weighted by Crippen LogP contribution is 2.05. The molecule has 96 valence electrons. The summed E-state index contributed by atoms with van der Waals surface area (Å²) in [5.74, 6) is -0.998. The number of hydrogen-bond acceptors (Lipinski definition) is 5. The molecule has 18 heavy (non-hydrogen) atoms. The number of hydrogen-bond donors (Lipinski definition) is 1. The molecule has 0 radical (unpaired) electrons. The average Bonchev–Trinajstić information content (AvgIpc) is 2.39. The fourth-order valence-electron chi connectivity index (χ4n) is 1.87. The van der Waals surface area contributed by atoms with Crippen LogP contribution in [0.4, 0.5) is 0 Å². The van der Waals surface area contributed by atoms with E-state index in [1.165, 1.54) is 18.6 Å². The van der Waals surface area contributed by atoms with E-state index in [0.717, 1.165) is 0 Å². The van der Waals surface area contributed by atoms with E-state index in [9.17, 15) is 9.59 Å². The number of carbonyl (C=O) groups is 2. The molecule has 2 heterocycles. The molecule has 0 spiro atoms. The number of amides is 1. The van der Waals surface area contributed by atoms with Crippen LogP contribution in [-0.4, -0.2) is 69.5 Å². The molecule has 2 rings (SSSR count). The fourth-order valence-corrected chi connectivity index (χ4v) is 1.87. The highest BCUT2D eigenvalue weighted by Gasteiger charge is 2.23. The van der Waals surface area contributed by atoms with Gasteiger partial charge in [-0.3, -0.25) is 19.5 Å². The van der Waals surface area contributed by atoms with Crippen molar-refractivity contribution in [1.82, 2.24) is 19.8 Å². The maximum Gasteiger partial charge on any atom is 0.317 e. The molecule has 1 N–H and O–H groups in total. The van der Waals surface area contributed by atoms with Crippen molar-refractivity contribution in [3.05, 3.63) is 24.3 Å². The van der Waals surface area contributed by atoms with Gasteiger partial charge in [0.05, 0.1) is 12.7 Å². The molecule has 1 aromatic rings. The number of aromatic nitrogens is 2. The van der Waals surface area contributed by atoms with Crippen molar-refractivity contribution in [3.63, 3.8) is 0 Å². The second-order valence-corrected chi connectivity index (χ2v) is 4.05. The van der Waals surface area contributed by atoms with E-state index in [1.54, 1.807) is 4.90 Å². The zero-order valence-corrected chi connectivity index (χ0v) is 9.82. The van der Waals surface area contributed by atoms with Gasteiger partial charge in [-0.15, -0.1) is 0 Å². The van der Waals surface area contributed by atoms with Crippen LogP contribution in [0, 0.1) is 0 Å². The van der Waals surface area contributed by atoms with Crippen LogP contribution in [0.25, 0.3) is 0 Å². The summed E-state index contributed by atoms with van der Waals surface area (Å²) in [6.45, 7) is 2.19. The van der Waals surface area contributed by atoms with E-state index in [2.05, 4.69) is 9.97 Å². The van der Waals surface area contributed by atoms with Crippen LogP contribution in [0.15, 0.2) is 18.6 Å². The lowest BCUT2D eigenvalue weighted by molar-refractivity contribution is -0.138. The lowest BCUT2D eigenvalue weighted by Gasteiger charge is -2.33. The summed E-state index contributed by atoms with van der Waals surface area (Å²) < 4.78 is 0. The van der Waals surface area contributed by atoms with Gasteiger partial charge in [-0.25, -0.2) is 4.98 Å². The van der Waals surface area contributed by atoms with Crippen molar-refractivity contribution in [2.45, 2.75) is 0 Å². The predicted octanol–water partition coefficient (Wildman–Crippen LogP) is -0.681. The molecule has 0 unspecified atom stereocenters. The number of carboxylic acid groups (broad SMARTS) is 1. The number of rotatable bonds is 3. The van der Waals surface area contributed by atoms with E-state index >= 15 is 0 Å². The maximum absolute atomic E-state index is 12.0. The lowest BCUT2D eigenvalue weighted by Crippen LogP contribution is -2.50. The summed E-state index contributed by atoms with van der Waals surface area (Å²) in [6, 6.07) is 0. The third-order valence-electron chi connectivity index (χ3n) is 2.80. The first kappa shape index (κ1) is 12.4. The number of nitrogens with zero attached hydrogens (tertiary/aromatic N) is 4. The van der Waals surface area contributed by atoms with Crippen LogP contribution in [0.1, 0.15) is 10.5 Å². The number of carbonyl (C=O) groups excluding carboxylic acids is 1. The number of carboxylic acids is 1. The highest BCUT2D eigenvalue weighted by atomic mass is 16.4. The van der Waals surface area contributed by atoms with Crippen molar-refractivity contribution < 1.29 is 14.7 Å². The molecule has 0 aromatic carbocycles. The molecule has 1 aliphatic heterocycles. The van der Waals surface area contributed by atoms with Gasteiger partial charge in [0, 0.05) is 38.6 Å². The van der Waals surface area contributed by atoms with Gasteiger partial charge in [-0.05, 0) is 0 Å². The van der Waals surface area contributed by atoms with Gasteiger partial charge < -0.3 is 10.0 Å². The van der Waals surface area contributed by atoms with Crippen molar-refractivity contribution in [2.24, 2.45) is 0 Å². The summed E-state index contributed by atoms with van der Waals surface area (Å²) in [7, 11) is 0. The normalized spacial score (nSPS) is 16.6. The Morgan fingerprint density at radius 3 is 2.50 bits per heavy atom. The minimum absolute atomic E-state index is 0.0210. The van der Waals surface area contributed by atoms with Crippen LogP contribution in [0.2, 0.25) is 0 Å². The summed E-state index contributed by atoms with van der Waals surface area (Å²) in [5, 5.41) is 8.68.